The minimum absolute atomic E-state index is 0.0927. The van der Waals surface area contributed by atoms with Gasteiger partial charge in [0.15, 0.2) is 6.10 Å². The van der Waals surface area contributed by atoms with E-state index in [0.29, 0.717) is 6.54 Å². The Hall–Kier alpha value is -2.29. The lowest BCUT2D eigenvalue weighted by Gasteiger charge is -2.17. The number of hydrogen-bond donors (Lipinski definition) is 1. The van der Waals surface area contributed by atoms with Crippen molar-refractivity contribution in [1.82, 2.24) is 5.32 Å². The summed E-state index contributed by atoms with van der Waals surface area (Å²) in [5.41, 5.74) is 5.92. The molecule has 0 fully saturated rings. The third-order valence-corrected chi connectivity index (χ3v) is 4.53. The zero-order valence-corrected chi connectivity index (χ0v) is 16.0. The Labute approximate surface area is 151 Å². The summed E-state index contributed by atoms with van der Waals surface area (Å²) in [6, 6.07) is 12.5. The highest BCUT2D eigenvalue weighted by Crippen LogP contribution is 2.20. The van der Waals surface area contributed by atoms with Gasteiger partial charge in [0.25, 0.3) is 5.91 Å². The lowest BCUT2D eigenvalue weighted by atomic mass is 10.0. The van der Waals surface area contributed by atoms with Crippen LogP contribution < -0.4 is 10.1 Å². The number of amides is 1. The number of benzene rings is 2. The minimum Gasteiger partial charge on any atom is -0.481 e. The van der Waals surface area contributed by atoms with Crippen LogP contribution in [0.15, 0.2) is 36.4 Å². The molecule has 0 spiro atoms. The predicted octanol–water partition coefficient (Wildman–Crippen LogP) is 4.51. The van der Waals surface area contributed by atoms with Crippen molar-refractivity contribution < 1.29 is 9.53 Å². The van der Waals surface area contributed by atoms with Gasteiger partial charge in [-0.3, -0.25) is 4.79 Å². The number of carbonyl (C=O) groups excluding carboxylic acids is 1. The van der Waals surface area contributed by atoms with Crippen LogP contribution in [0.25, 0.3) is 0 Å². The molecule has 2 aromatic rings. The average Bonchev–Trinajstić information content (AvgIpc) is 2.62. The molecule has 0 unspecified atom stereocenters. The van der Waals surface area contributed by atoms with E-state index in [4.69, 9.17) is 4.74 Å². The van der Waals surface area contributed by atoms with Crippen molar-refractivity contribution in [1.29, 1.82) is 0 Å². The van der Waals surface area contributed by atoms with Crippen LogP contribution in [-0.2, 0) is 24.2 Å². The molecule has 3 heteroatoms. The van der Waals surface area contributed by atoms with Gasteiger partial charge in [0, 0.05) is 6.54 Å². The van der Waals surface area contributed by atoms with Gasteiger partial charge in [0.2, 0.25) is 0 Å². The van der Waals surface area contributed by atoms with Crippen molar-refractivity contribution in [2.45, 2.75) is 60.1 Å². The first-order valence-corrected chi connectivity index (χ1v) is 9.06. The molecule has 0 aliphatic heterocycles. The molecule has 1 amide bonds. The lowest BCUT2D eigenvalue weighted by molar-refractivity contribution is -0.127. The third kappa shape index (κ3) is 5.09. The van der Waals surface area contributed by atoms with E-state index >= 15 is 0 Å². The number of hydrogen-bond acceptors (Lipinski definition) is 2. The summed E-state index contributed by atoms with van der Waals surface area (Å²) in [6.07, 6.45) is 1.43. The molecule has 25 heavy (non-hydrogen) atoms. The highest BCUT2D eigenvalue weighted by molar-refractivity contribution is 5.80. The third-order valence-electron chi connectivity index (χ3n) is 4.53. The maximum absolute atomic E-state index is 12.4. The fourth-order valence-electron chi connectivity index (χ4n) is 2.81. The van der Waals surface area contributed by atoms with E-state index in [1.54, 1.807) is 6.92 Å². The van der Waals surface area contributed by atoms with Gasteiger partial charge in [-0.15, -0.1) is 0 Å². The van der Waals surface area contributed by atoms with E-state index in [1.807, 2.05) is 32.0 Å². The quantitative estimate of drug-likeness (QED) is 0.806. The molecular formula is C22H29NO2. The van der Waals surface area contributed by atoms with Crippen LogP contribution in [-0.4, -0.2) is 12.0 Å². The average molecular weight is 339 g/mol. The summed E-state index contributed by atoms with van der Waals surface area (Å²) < 4.78 is 5.87. The first-order chi connectivity index (χ1) is 11.9. The fourth-order valence-corrected chi connectivity index (χ4v) is 2.81. The SMILES string of the molecule is CCc1ccc(CC)c(CNC(=O)[C@@H](C)Oc2cc(C)ccc2C)c1. The van der Waals surface area contributed by atoms with E-state index in [0.717, 1.165) is 29.7 Å². The summed E-state index contributed by atoms with van der Waals surface area (Å²) in [5, 5.41) is 3.02. The Kier molecular flexibility index (Phi) is 6.63. The summed E-state index contributed by atoms with van der Waals surface area (Å²) in [5.74, 6) is 0.676. The predicted molar refractivity (Wildman–Crippen MR) is 103 cm³/mol. The molecule has 0 saturated heterocycles. The molecule has 2 rings (SSSR count). The highest BCUT2D eigenvalue weighted by Gasteiger charge is 2.16. The molecule has 0 aliphatic carbocycles. The monoisotopic (exact) mass is 339 g/mol. The Morgan fingerprint density at radius 3 is 2.48 bits per heavy atom. The molecule has 134 valence electrons. The van der Waals surface area contributed by atoms with Crippen LogP contribution in [0.3, 0.4) is 0 Å². The maximum Gasteiger partial charge on any atom is 0.261 e. The maximum atomic E-state index is 12.4. The van der Waals surface area contributed by atoms with Gasteiger partial charge in [0.05, 0.1) is 0 Å². The van der Waals surface area contributed by atoms with Crippen molar-refractivity contribution in [2.24, 2.45) is 0 Å². The lowest BCUT2D eigenvalue weighted by Crippen LogP contribution is -2.36. The molecule has 1 N–H and O–H groups in total. The van der Waals surface area contributed by atoms with Crippen molar-refractivity contribution in [3.63, 3.8) is 0 Å². The Morgan fingerprint density at radius 2 is 1.80 bits per heavy atom. The Bertz CT molecular complexity index is 737. The number of rotatable bonds is 7. The van der Waals surface area contributed by atoms with E-state index in [-0.39, 0.29) is 5.91 Å². The van der Waals surface area contributed by atoms with Crippen LogP contribution in [0.2, 0.25) is 0 Å². The van der Waals surface area contributed by atoms with Crippen LogP contribution in [0.5, 0.6) is 5.75 Å². The van der Waals surface area contributed by atoms with Gasteiger partial charge < -0.3 is 10.1 Å². The number of carbonyl (C=O) groups is 1. The highest BCUT2D eigenvalue weighted by atomic mass is 16.5. The van der Waals surface area contributed by atoms with Crippen molar-refractivity contribution in [3.8, 4) is 5.75 Å². The van der Waals surface area contributed by atoms with Crippen LogP contribution in [0.1, 0.15) is 48.6 Å². The van der Waals surface area contributed by atoms with Gasteiger partial charge in [-0.1, -0.05) is 44.2 Å². The van der Waals surface area contributed by atoms with Crippen molar-refractivity contribution in [2.75, 3.05) is 0 Å². The second kappa shape index (κ2) is 8.70. The number of ether oxygens (including phenoxy) is 1. The second-order valence-corrected chi connectivity index (χ2v) is 6.56. The number of aryl methyl sites for hydroxylation is 4. The molecule has 2 aromatic carbocycles. The summed E-state index contributed by atoms with van der Waals surface area (Å²) in [7, 11) is 0. The molecular weight excluding hydrogens is 310 g/mol. The molecule has 0 saturated carbocycles. The summed E-state index contributed by atoms with van der Waals surface area (Å²) in [6.45, 7) is 10.6. The Balaban J connectivity index is 2.01. The van der Waals surface area contributed by atoms with Gasteiger partial charge >= 0.3 is 0 Å². The van der Waals surface area contributed by atoms with Gasteiger partial charge in [-0.05, 0) is 67.5 Å². The molecule has 0 aliphatic rings. The summed E-state index contributed by atoms with van der Waals surface area (Å²) >= 11 is 0. The topological polar surface area (TPSA) is 38.3 Å². The normalized spacial score (nSPS) is 11.9. The zero-order valence-electron chi connectivity index (χ0n) is 16.0. The first kappa shape index (κ1) is 19.0. The second-order valence-electron chi connectivity index (χ2n) is 6.56. The van der Waals surface area contributed by atoms with E-state index in [9.17, 15) is 4.79 Å². The van der Waals surface area contributed by atoms with Gasteiger partial charge in [-0.2, -0.15) is 0 Å². The molecule has 0 heterocycles. The van der Waals surface area contributed by atoms with Gasteiger partial charge in [-0.25, -0.2) is 0 Å². The summed E-state index contributed by atoms with van der Waals surface area (Å²) in [4.78, 5) is 12.4. The largest absolute Gasteiger partial charge is 0.481 e. The minimum atomic E-state index is -0.528. The smallest absolute Gasteiger partial charge is 0.261 e. The van der Waals surface area contributed by atoms with Crippen molar-refractivity contribution in [3.05, 3.63) is 64.2 Å². The van der Waals surface area contributed by atoms with Crippen LogP contribution in [0, 0.1) is 13.8 Å². The first-order valence-electron chi connectivity index (χ1n) is 9.06. The fraction of sp³-hybridized carbons (Fsp3) is 0.409. The number of nitrogens with one attached hydrogen (secondary N) is 1. The standard InChI is InChI=1S/C22H29NO2/c1-6-18-10-11-19(7-2)20(13-18)14-23-22(24)17(5)25-21-12-15(3)8-9-16(21)4/h8-13,17H,6-7,14H2,1-5H3,(H,23,24)/t17-/m1/s1. The Morgan fingerprint density at radius 1 is 1.04 bits per heavy atom. The molecule has 0 aromatic heterocycles. The van der Waals surface area contributed by atoms with Crippen molar-refractivity contribution >= 4 is 5.91 Å². The van der Waals surface area contributed by atoms with E-state index in [1.165, 1.54) is 16.7 Å². The zero-order chi connectivity index (χ0) is 18.4. The molecule has 0 bridgehead atoms. The molecule has 1 atom stereocenters. The van der Waals surface area contributed by atoms with Crippen LogP contribution >= 0.6 is 0 Å². The van der Waals surface area contributed by atoms with Crippen LogP contribution in [0.4, 0.5) is 0 Å². The molecule has 0 radical (unpaired) electrons. The molecule has 3 nitrogen and oxygen atoms in total. The van der Waals surface area contributed by atoms with Gasteiger partial charge in [0.1, 0.15) is 5.75 Å². The van der Waals surface area contributed by atoms with E-state index in [2.05, 4.69) is 37.4 Å². The van der Waals surface area contributed by atoms with E-state index < -0.39 is 6.10 Å².